The first kappa shape index (κ1) is 43.9. The summed E-state index contributed by atoms with van der Waals surface area (Å²) in [7, 11) is 0. The van der Waals surface area contributed by atoms with Crippen LogP contribution in [0, 0.1) is 0 Å². The Morgan fingerprint density at radius 1 is 0.535 bits per heavy atom. The van der Waals surface area contributed by atoms with E-state index in [1.165, 1.54) is 72.4 Å². The third-order valence-corrected chi connectivity index (χ3v) is 14.9. The molecule has 1 heterocycles. The molecule has 3 aliphatic carbocycles. The number of benzene rings is 8. The quantitative estimate of drug-likeness (QED) is 0.120. The molecule has 0 amide bonds. The van der Waals surface area contributed by atoms with Crippen LogP contribution in [0.15, 0.2) is 249 Å². The van der Waals surface area contributed by atoms with E-state index in [1.807, 2.05) is 12.2 Å². The van der Waals surface area contributed by atoms with Crippen LogP contribution < -0.4 is 14.7 Å². The van der Waals surface area contributed by atoms with Crippen molar-refractivity contribution in [1.82, 2.24) is 0 Å². The van der Waals surface area contributed by atoms with E-state index >= 15 is 0 Å². The summed E-state index contributed by atoms with van der Waals surface area (Å²) in [6, 6.07) is 65.8. The third kappa shape index (κ3) is 8.18. The third-order valence-electron chi connectivity index (χ3n) is 14.9. The maximum absolute atomic E-state index is 3.97. The monoisotopic (exact) mass is 915 g/mol. The Hall–Kier alpha value is -8.40. The molecular formula is C68H57N3. The smallest absolute Gasteiger partial charge is 0.0491 e. The van der Waals surface area contributed by atoms with Gasteiger partial charge in [-0.2, -0.15) is 0 Å². The molecule has 0 unspecified atom stereocenters. The summed E-state index contributed by atoms with van der Waals surface area (Å²) < 4.78 is 0. The van der Waals surface area contributed by atoms with Crippen molar-refractivity contribution in [2.75, 3.05) is 21.2 Å². The zero-order valence-electron chi connectivity index (χ0n) is 40.6. The van der Waals surface area contributed by atoms with Crippen LogP contribution in [0.3, 0.4) is 0 Å². The topological polar surface area (TPSA) is 9.72 Å². The molecule has 8 aromatic rings. The van der Waals surface area contributed by atoms with Crippen LogP contribution in [0.2, 0.25) is 0 Å². The van der Waals surface area contributed by atoms with Crippen LogP contribution in [-0.4, -0.2) is 6.54 Å². The lowest BCUT2D eigenvalue weighted by Crippen LogP contribution is -2.19. The number of rotatable bonds is 11. The largest absolute Gasteiger partial charge is 0.336 e. The van der Waals surface area contributed by atoms with E-state index in [-0.39, 0.29) is 5.41 Å². The van der Waals surface area contributed by atoms with Gasteiger partial charge in [0.25, 0.3) is 0 Å². The Bertz CT molecular complexity index is 3560. The van der Waals surface area contributed by atoms with Crippen molar-refractivity contribution in [3.8, 4) is 22.3 Å². The molecule has 1 aliphatic heterocycles. The van der Waals surface area contributed by atoms with Crippen molar-refractivity contribution < 1.29 is 0 Å². The molecule has 71 heavy (non-hydrogen) atoms. The molecule has 0 saturated heterocycles. The number of para-hydroxylation sites is 1. The Morgan fingerprint density at radius 3 is 2.08 bits per heavy atom. The predicted octanol–water partition coefficient (Wildman–Crippen LogP) is 18.7. The first-order valence-corrected chi connectivity index (χ1v) is 25.2. The van der Waals surface area contributed by atoms with Crippen LogP contribution in [0.4, 0.5) is 39.8 Å². The molecule has 0 spiro atoms. The van der Waals surface area contributed by atoms with Gasteiger partial charge in [0.2, 0.25) is 0 Å². The second-order valence-electron chi connectivity index (χ2n) is 19.6. The van der Waals surface area contributed by atoms with E-state index in [0.717, 1.165) is 71.8 Å². The first-order chi connectivity index (χ1) is 34.9. The summed E-state index contributed by atoms with van der Waals surface area (Å²) in [4.78, 5) is 7.38. The Labute approximate surface area is 419 Å². The molecule has 0 N–H and O–H groups in total. The molecule has 0 bridgehead atoms. The average Bonchev–Trinajstić information content (AvgIpc) is 3.90. The van der Waals surface area contributed by atoms with Gasteiger partial charge in [-0.1, -0.05) is 172 Å². The van der Waals surface area contributed by atoms with Crippen molar-refractivity contribution in [3.63, 3.8) is 0 Å². The zero-order valence-corrected chi connectivity index (χ0v) is 40.6. The molecule has 0 radical (unpaired) electrons. The lowest BCUT2D eigenvalue weighted by Gasteiger charge is -2.32. The zero-order chi connectivity index (χ0) is 47.9. The lowest BCUT2D eigenvalue weighted by atomic mass is 9.82. The molecule has 0 saturated carbocycles. The number of hydrogen-bond donors (Lipinski definition) is 0. The van der Waals surface area contributed by atoms with Crippen LogP contribution >= 0.6 is 0 Å². The average molecular weight is 916 g/mol. The summed E-state index contributed by atoms with van der Waals surface area (Å²) in [5, 5.41) is 2.42. The number of nitrogens with zero attached hydrogens (tertiary/aromatic N) is 3. The van der Waals surface area contributed by atoms with Crippen molar-refractivity contribution in [2.24, 2.45) is 0 Å². The highest BCUT2D eigenvalue weighted by atomic mass is 15.2. The Kier molecular flexibility index (Phi) is 11.4. The second-order valence-corrected chi connectivity index (χ2v) is 19.6. The summed E-state index contributed by atoms with van der Waals surface area (Å²) in [6.07, 6.45) is 26.2. The van der Waals surface area contributed by atoms with Gasteiger partial charge in [-0.25, -0.2) is 0 Å². The minimum absolute atomic E-state index is 0.144. The van der Waals surface area contributed by atoms with Crippen LogP contribution in [0.1, 0.15) is 61.8 Å². The highest BCUT2D eigenvalue weighted by molar-refractivity contribution is 5.95. The minimum atomic E-state index is -0.144. The summed E-state index contributed by atoms with van der Waals surface area (Å²) in [6.45, 7) is 9.49. The molecule has 0 aromatic heterocycles. The van der Waals surface area contributed by atoms with Crippen molar-refractivity contribution in [1.29, 1.82) is 0 Å². The standard InChI is InChI=1S/C68H57N3/c1-4-5-9-24-53-47-69(55-35-31-50(32-36-55)48-20-10-6-11-21-48)67-40-34-52(44-64(53)67)54-42-60(70(56-25-12-7-13-26-56)58-37-33-49-22-16-17-23-51(49)41-58)45-61(43-54)71(57-27-14-8-15-28-57)59-38-39-63-62-29-18-19-30-65(62)68(2,3)66(63)46-59/h4-7,9-10,12-14,16-20,22-46H,1,8,11,15,21,47H2,2-3H3/b9-5-,53-24+. The van der Waals surface area contributed by atoms with E-state index < -0.39 is 0 Å². The highest BCUT2D eigenvalue weighted by Gasteiger charge is 2.36. The second kappa shape index (κ2) is 18.5. The van der Waals surface area contributed by atoms with Crippen molar-refractivity contribution in [2.45, 2.75) is 44.9 Å². The summed E-state index contributed by atoms with van der Waals surface area (Å²) in [5.41, 5.74) is 21.8. The molecule has 4 aliphatic rings. The van der Waals surface area contributed by atoms with E-state index in [4.69, 9.17) is 0 Å². The number of allylic oxidation sites excluding steroid dienone is 11. The van der Waals surface area contributed by atoms with E-state index in [9.17, 15) is 0 Å². The van der Waals surface area contributed by atoms with Crippen LogP contribution in [0.25, 0.3) is 44.2 Å². The van der Waals surface area contributed by atoms with Crippen molar-refractivity contribution >= 4 is 61.7 Å². The van der Waals surface area contributed by atoms with Gasteiger partial charge < -0.3 is 14.7 Å². The molecule has 3 heteroatoms. The van der Waals surface area contributed by atoms with E-state index in [0.29, 0.717) is 0 Å². The van der Waals surface area contributed by atoms with Gasteiger partial charge in [0, 0.05) is 63.0 Å². The maximum atomic E-state index is 3.97. The number of anilines is 7. The van der Waals surface area contributed by atoms with Crippen LogP contribution in [0.5, 0.6) is 0 Å². The van der Waals surface area contributed by atoms with E-state index in [1.54, 1.807) is 0 Å². The number of hydrogen-bond acceptors (Lipinski definition) is 3. The molecule has 344 valence electrons. The lowest BCUT2D eigenvalue weighted by molar-refractivity contribution is 0.660. The number of fused-ring (bicyclic) bond motifs is 5. The highest BCUT2D eigenvalue weighted by Crippen LogP contribution is 2.52. The summed E-state index contributed by atoms with van der Waals surface area (Å²) >= 11 is 0. The van der Waals surface area contributed by atoms with Gasteiger partial charge >= 0.3 is 0 Å². The minimum Gasteiger partial charge on any atom is -0.336 e. The van der Waals surface area contributed by atoms with Crippen molar-refractivity contribution in [3.05, 3.63) is 271 Å². The predicted molar refractivity (Wildman–Crippen MR) is 304 cm³/mol. The summed E-state index contributed by atoms with van der Waals surface area (Å²) in [5.74, 6) is 0. The normalized spacial score (nSPS) is 15.9. The molecule has 0 fully saturated rings. The van der Waals surface area contributed by atoms with Gasteiger partial charge in [-0.05, 0) is 171 Å². The molecule has 12 rings (SSSR count). The molecule has 3 nitrogen and oxygen atoms in total. The SMILES string of the molecule is C=C/C=C\C=C1/CN(c2ccc(C3=CC=CCC3)cc2)c2ccc(-c3cc(N(C4=CCCC=C4)c4ccc5c(c4)C(C)(C)c4ccccc4-5)cc(N(c4ccccc4)c4ccc5ccccc5c4)c3)cc21. The fourth-order valence-electron chi connectivity index (χ4n) is 11.3. The molecular weight excluding hydrogens is 859 g/mol. The van der Waals surface area contributed by atoms with Gasteiger partial charge in [0.05, 0.1) is 0 Å². The fourth-order valence-corrected chi connectivity index (χ4v) is 11.3. The molecule has 0 atom stereocenters. The Balaban J connectivity index is 1.05. The van der Waals surface area contributed by atoms with Gasteiger partial charge in [-0.3, -0.25) is 0 Å². The fraction of sp³-hybridized carbons (Fsp3) is 0.118. The van der Waals surface area contributed by atoms with Gasteiger partial charge in [0.1, 0.15) is 0 Å². The van der Waals surface area contributed by atoms with Gasteiger partial charge in [0.15, 0.2) is 0 Å². The Morgan fingerprint density at radius 2 is 1.28 bits per heavy atom. The maximum Gasteiger partial charge on any atom is 0.0491 e. The van der Waals surface area contributed by atoms with Gasteiger partial charge in [-0.15, -0.1) is 0 Å². The van der Waals surface area contributed by atoms with E-state index in [2.05, 4.69) is 260 Å². The molecule has 8 aromatic carbocycles. The van der Waals surface area contributed by atoms with Crippen LogP contribution in [-0.2, 0) is 5.41 Å². The first-order valence-electron chi connectivity index (χ1n) is 25.2.